The van der Waals surface area contributed by atoms with Gasteiger partial charge in [0, 0.05) is 37.4 Å². The van der Waals surface area contributed by atoms with Crippen molar-refractivity contribution in [2.45, 2.75) is 73.3 Å². The van der Waals surface area contributed by atoms with Crippen molar-refractivity contribution in [1.82, 2.24) is 0 Å². The van der Waals surface area contributed by atoms with Gasteiger partial charge in [-0.1, -0.05) is 46.8 Å². The van der Waals surface area contributed by atoms with Crippen LogP contribution < -0.4 is 9.80 Å². The van der Waals surface area contributed by atoms with Gasteiger partial charge in [-0.3, -0.25) is 0 Å². The maximum Gasteiger partial charge on any atom is 0.0703 e. The molecule has 0 radical (unpaired) electrons. The predicted octanol–water partition coefficient (Wildman–Crippen LogP) is 7.25. The Hall–Kier alpha value is -1.74. The molecule has 0 N–H and O–H groups in total. The molecular formula is C26H44N2O. The van der Waals surface area contributed by atoms with Gasteiger partial charge >= 0.3 is 0 Å². The van der Waals surface area contributed by atoms with Gasteiger partial charge in [0.25, 0.3) is 0 Å². The van der Waals surface area contributed by atoms with Crippen molar-refractivity contribution in [3.63, 3.8) is 0 Å². The first-order chi connectivity index (χ1) is 13.6. The summed E-state index contributed by atoms with van der Waals surface area (Å²) in [6.07, 6.45) is 7.62. The zero-order valence-corrected chi connectivity index (χ0v) is 20.2. The molecular weight excluding hydrogens is 356 g/mol. The van der Waals surface area contributed by atoms with Gasteiger partial charge in [-0.25, -0.2) is 0 Å². The van der Waals surface area contributed by atoms with E-state index in [2.05, 4.69) is 102 Å². The van der Waals surface area contributed by atoms with Gasteiger partial charge in [0.1, 0.15) is 0 Å². The summed E-state index contributed by atoms with van der Waals surface area (Å²) in [6.45, 7) is 21.1. The lowest BCUT2D eigenvalue weighted by molar-refractivity contribution is 0.00816. The van der Waals surface area contributed by atoms with Crippen molar-refractivity contribution < 1.29 is 4.74 Å². The Morgan fingerprint density at radius 2 is 1.79 bits per heavy atom. The zero-order chi connectivity index (χ0) is 22.0. The highest BCUT2D eigenvalue weighted by atomic mass is 16.5. The smallest absolute Gasteiger partial charge is 0.0703 e. The molecule has 164 valence electrons. The quantitative estimate of drug-likeness (QED) is 0.367. The van der Waals surface area contributed by atoms with Crippen LogP contribution in [0.2, 0.25) is 0 Å². The van der Waals surface area contributed by atoms with Crippen LogP contribution in [0.25, 0.3) is 0 Å². The minimum absolute atomic E-state index is 0.149. The van der Waals surface area contributed by atoms with Crippen molar-refractivity contribution in [2.75, 3.05) is 30.0 Å². The van der Waals surface area contributed by atoms with E-state index in [1.54, 1.807) is 0 Å². The van der Waals surface area contributed by atoms with Crippen LogP contribution in [-0.4, -0.2) is 25.8 Å². The molecule has 0 fully saturated rings. The van der Waals surface area contributed by atoms with E-state index in [1.807, 2.05) is 6.20 Å². The lowest BCUT2D eigenvalue weighted by Gasteiger charge is -2.26. The van der Waals surface area contributed by atoms with Crippen molar-refractivity contribution in [3.8, 4) is 0 Å². The van der Waals surface area contributed by atoms with Gasteiger partial charge in [0.15, 0.2) is 0 Å². The topological polar surface area (TPSA) is 15.7 Å². The molecule has 1 aromatic carbocycles. The standard InChI is InChI=1S/C26H44N2O/c1-10-21(4)16-17-27(9)24-14-13-15-25(18-24)28(12-3)19-23(22(5)11-2)20-29-26(6,7)8/h12-15,18-19,21-22H,3,10-11,16-17,20H2,1-2,4-9H3/b23-19-. The summed E-state index contributed by atoms with van der Waals surface area (Å²) in [4.78, 5) is 4.47. The Morgan fingerprint density at radius 1 is 1.14 bits per heavy atom. The summed E-state index contributed by atoms with van der Waals surface area (Å²) in [6, 6.07) is 8.70. The van der Waals surface area contributed by atoms with Gasteiger partial charge in [-0.15, -0.1) is 0 Å². The highest BCUT2D eigenvalue weighted by Crippen LogP contribution is 2.26. The molecule has 1 rings (SSSR count). The maximum absolute atomic E-state index is 6.09. The zero-order valence-electron chi connectivity index (χ0n) is 20.2. The third kappa shape index (κ3) is 9.08. The van der Waals surface area contributed by atoms with Crippen molar-refractivity contribution in [2.24, 2.45) is 11.8 Å². The molecule has 29 heavy (non-hydrogen) atoms. The molecule has 1 aromatic rings. The first-order valence-corrected chi connectivity index (χ1v) is 11.2. The molecule has 0 bridgehead atoms. The second-order valence-corrected chi connectivity index (χ2v) is 9.25. The number of benzene rings is 1. The number of rotatable bonds is 12. The van der Waals surface area contributed by atoms with E-state index in [1.165, 1.54) is 24.1 Å². The van der Waals surface area contributed by atoms with E-state index in [9.17, 15) is 0 Å². The Morgan fingerprint density at radius 3 is 2.34 bits per heavy atom. The Labute approximate surface area is 180 Å². The molecule has 3 nitrogen and oxygen atoms in total. The van der Waals surface area contributed by atoms with Gasteiger partial charge in [-0.2, -0.15) is 0 Å². The second-order valence-electron chi connectivity index (χ2n) is 9.25. The van der Waals surface area contributed by atoms with Crippen LogP contribution in [0.5, 0.6) is 0 Å². The lowest BCUT2D eigenvalue weighted by Crippen LogP contribution is -2.23. The van der Waals surface area contributed by atoms with Gasteiger partial charge < -0.3 is 14.5 Å². The maximum atomic E-state index is 6.09. The fourth-order valence-corrected chi connectivity index (χ4v) is 2.92. The van der Waals surface area contributed by atoms with Crippen molar-refractivity contribution >= 4 is 11.4 Å². The van der Waals surface area contributed by atoms with E-state index < -0.39 is 0 Å². The summed E-state index contributed by atoms with van der Waals surface area (Å²) in [7, 11) is 2.18. The Balaban J connectivity index is 3.04. The number of ether oxygens (including phenoxy) is 1. The fourth-order valence-electron chi connectivity index (χ4n) is 2.92. The van der Waals surface area contributed by atoms with Gasteiger partial charge in [0.05, 0.1) is 12.2 Å². The third-order valence-electron chi connectivity index (χ3n) is 5.64. The Kier molecular flexibility index (Phi) is 10.5. The van der Waals surface area contributed by atoms with Crippen LogP contribution in [-0.2, 0) is 4.74 Å². The molecule has 0 aromatic heterocycles. The summed E-state index contributed by atoms with van der Waals surface area (Å²) in [5.41, 5.74) is 3.51. The minimum atomic E-state index is -0.149. The molecule has 2 unspecified atom stereocenters. The van der Waals surface area contributed by atoms with Crippen LogP contribution in [0.4, 0.5) is 11.4 Å². The SMILES string of the molecule is C=CN(/C=C(/COC(C)(C)C)C(C)CC)c1cccc(N(C)CCC(C)CC)c1. The molecule has 0 aliphatic heterocycles. The van der Waals surface area contributed by atoms with Gasteiger partial charge in [0.2, 0.25) is 0 Å². The molecule has 3 heteroatoms. The fraction of sp³-hybridized carbons (Fsp3) is 0.615. The first kappa shape index (κ1) is 25.3. The average Bonchev–Trinajstić information content (AvgIpc) is 2.70. The second kappa shape index (κ2) is 12.1. The summed E-state index contributed by atoms with van der Waals surface area (Å²) in [5, 5.41) is 0. The van der Waals surface area contributed by atoms with E-state index >= 15 is 0 Å². The average molecular weight is 401 g/mol. The summed E-state index contributed by atoms with van der Waals surface area (Å²) < 4.78 is 6.09. The molecule has 0 saturated carbocycles. The monoisotopic (exact) mass is 400 g/mol. The van der Waals surface area contributed by atoms with E-state index in [0.717, 1.165) is 24.6 Å². The molecule has 0 heterocycles. The molecule has 0 aliphatic rings. The molecule has 2 atom stereocenters. The lowest BCUT2D eigenvalue weighted by atomic mass is 9.99. The van der Waals surface area contributed by atoms with Crippen LogP contribution in [0.15, 0.2) is 48.8 Å². The van der Waals surface area contributed by atoms with E-state index in [4.69, 9.17) is 4.74 Å². The summed E-state index contributed by atoms with van der Waals surface area (Å²) >= 11 is 0. The highest BCUT2D eigenvalue weighted by molar-refractivity contribution is 5.62. The number of hydrogen-bond donors (Lipinski definition) is 0. The normalized spacial score (nSPS) is 14.4. The number of nitrogens with zero attached hydrogens (tertiary/aromatic N) is 2. The highest BCUT2D eigenvalue weighted by Gasteiger charge is 2.15. The first-order valence-electron chi connectivity index (χ1n) is 11.2. The third-order valence-corrected chi connectivity index (χ3v) is 5.64. The van der Waals surface area contributed by atoms with Crippen LogP contribution >= 0.6 is 0 Å². The Bertz CT molecular complexity index is 644. The number of hydrogen-bond acceptors (Lipinski definition) is 3. The molecule has 0 spiro atoms. The van der Waals surface area contributed by atoms with Crippen LogP contribution in [0, 0.1) is 11.8 Å². The van der Waals surface area contributed by atoms with E-state index in [-0.39, 0.29) is 5.60 Å². The molecule has 0 saturated heterocycles. The summed E-state index contributed by atoms with van der Waals surface area (Å²) in [5.74, 6) is 1.22. The number of anilines is 2. The van der Waals surface area contributed by atoms with Crippen LogP contribution in [0.3, 0.4) is 0 Å². The van der Waals surface area contributed by atoms with Gasteiger partial charge in [-0.05, 0) is 69.2 Å². The largest absolute Gasteiger partial charge is 0.375 e. The minimum Gasteiger partial charge on any atom is -0.375 e. The molecule has 0 aliphatic carbocycles. The predicted molar refractivity (Wildman–Crippen MR) is 130 cm³/mol. The van der Waals surface area contributed by atoms with E-state index in [0.29, 0.717) is 12.5 Å². The molecule has 0 amide bonds. The van der Waals surface area contributed by atoms with Crippen molar-refractivity contribution in [3.05, 3.63) is 48.8 Å². The van der Waals surface area contributed by atoms with Crippen LogP contribution in [0.1, 0.15) is 67.7 Å². The van der Waals surface area contributed by atoms with Crippen molar-refractivity contribution in [1.29, 1.82) is 0 Å².